The Balaban J connectivity index is 2.09. The third-order valence-electron chi connectivity index (χ3n) is 4.19. The molecule has 2 N–H and O–H groups in total. The van der Waals surface area contributed by atoms with Crippen molar-refractivity contribution in [1.29, 1.82) is 0 Å². The zero-order chi connectivity index (χ0) is 13.4. The highest BCUT2D eigenvalue weighted by molar-refractivity contribution is 5.64. The van der Waals surface area contributed by atoms with Crippen LogP contribution in [-0.4, -0.2) is 16.1 Å². The summed E-state index contributed by atoms with van der Waals surface area (Å²) in [7, 11) is 2.07. The van der Waals surface area contributed by atoms with Gasteiger partial charge < -0.3 is 10.3 Å². The highest BCUT2D eigenvalue weighted by Crippen LogP contribution is 2.29. The number of aryl methyl sites for hydroxylation is 3. The Morgan fingerprint density at radius 1 is 1.26 bits per heavy atom. The maximum Gasteiger partial charge on any atom is 0.106 e. The molecule has 1 aliphatic carbocycles. The number of rotatable bonds is 3. The van der Waals surface area contributed by atoms with E-state index < -0.39 is 0 Å². The van der Waals surface area contributed by atoms with Crippen molar-refractivity contribution in [2.75, 3.05) is 6.54 Å². The predicted octanol–water partition coefficient (Wildman–Crippen LogP) is 2.39. The van der Waals surface area contributed by atoms with E-state index in [2.05, 4.69) is 36.7 Å². The summed E-state index contributed by atoms with van der Waals surface area (Å²) in [6, 6.07) is 6.81. The number of aromatic nitrogens is 2. The van der Waals surface area contributed by atoms with Crippen LogP contribution in [0.15, 0.2) is 18.2 Å². The Hall–Kier alpha value is -1.61. The molecule has 1 aromatic carbocycles. The zero-order valence-electron chi connectivity index (χ0n) is 11.7. The van der Waals surface area contributed by atoms with Crippen LogP contribution < -0.4 is 5.73 Å². The molecule has 2 aromatic rings. The molecule has 0 saturated heterocycles. The molecule has 0 fully saturated rings. The van der Waals surface area contributed by atoms with Gasteiger partial charge in [0.05, 0.1) is 5.69 Å². The molecular formula is C16H21N3. The second kappa shape index (κ2) is 4.82. The Kier molecular flexibility index (Phi) is 3.15. The molecule has 0 radical (unpaired) electrons. The minimum atomic E-state index is 0.664. The fraction of sp³-hybridized carbons (Fsp3) is 0.438. The van der Waals surface area contributed by atoms with E-state index in [9.17, 15) is 0 Å². The lowest BCUT2D eigenvalue weighted by Gasteiger charge is -2.07. The van der Waals surface area contributed by atoms with E-state index in [0.717, 1.165) is 17.9 Å². The van der Waals surface area contributed by atoms with Gasteiger partial charge in [-0.3, -0.25) is 0 Å². The van der Waals surface area contributed by atoms with Crippen LogP contribution in [0.1, 0.15) is 29.1 Å². The van der Waals surface area contributed by atoms with Crippen molar-refractivity contribution in [1.82, 2.24) is 9.55 Å². The second-order valence-electron chi connectivity index (χ2n) is 5.39. The lowest BCUT2D eigenvalue weighted by Crippen LogP contribution is -2.08. The number of benzene rings is 1. The van der Waals surface area contributed by atoms with Crippen LogP contribution in [0.5, 0.6) is 0 Å². The second-order valence-corrected chi connectivity index (χ2v) is 5.39. The average molecular weight is 255 g/mol. The number of nitrogens with zero attached hydrogens (tertiary/aromatic N) is 2. The standard InChI is InChI=1S/C16H21N3/c1-11-18-16(15(8-9-17)19(11)2)14-7-6-12-4-3-5-13(12)10-14/h6-7,10H,3-5,8-9,17H2,1-2H3. The van der Waals surface area contributed by atoms with E-state index in [1.807, 2.05) is 0 Å². The Morgan fingerprint density at radius 3 is 2.84 bits per heavy atom. The molecule has 0 atom stereocenters. The molecule has 0 amide bonds. The van der Waals surface area contributed by atoms with Gasteiger partial charge in [-0.15, -0.1) is 0 Å². The minimum absolute atomic E-state index is 0.664. The molecule has 3 heteroatoms. The maximum absolute atomic E-state index is 5.73. The van der Waals surface area contributed by atoms with Crippen molar-refractivity contribution >= 4 is 0 Å². The minimum Gasteiger partial charge on any atom is -0.335 e. The van der Waals surface area contributed by atoms with Gasteiger partial charge in [-0.1, -0.05) is 12.1 Å². The average Bonchev–Trinajstić information content (AvgIpc) is 2.98. The van der Waals surface area contributed by atoms with E-state index in [1.165, 1.54) is 41.6 Å². The van der Waals surface area contributed by atoms with Crippen LogP contribution in [0, 0.1) is 6.92 Å². The van der Waals surface area contributed by atoms with Gasteiger partial charge in [-0.05, 0) is 49.9 Å². The first-order valence-electron chi connectivity index (χ1n) is 7.05. The van der Waals surface area contributed by atoms with Gasteiger partial charge in [0.25, 0.3) is 0 Å². The first-order valence-corrected chi connectivity index (χ1v) is 7.05. The van der Waals surface area contributed by atoms with Crippen LogP contribution in [0.3, 0.4) is 0 Å². The normalized spacial score (nSPS) is 13.8. The largest absolute Gasteiger partial charge is 0.335 e. The van der Waals surface area contributed by atoms with Crippen LogP contribution >= 0.6 is 0 Å². The SMILES string of the molecule is Cc1nc(-c2ccc3c(c2)CCC3)c(CCN)n1C. The lowest BCUT2D eigenvalue weighted by atomic mass is 10.0. The highest BCUT2D eigenvalue weighted by atomic mass is 15.1. The third-order valence-corrected chi connectivity index (χ3v) is 4.19. The van der Waals surface area contributed by atoms with Crippen LogP contribution in [0.2, 0.25) is 0 Å². The fourth-order valence-corrected chi connectivity index (χ4v) is 3.03. The quantitative estimate of drug-likeness (QED) is 0.915. The first kappa shape index (κ1) is 12.4. The van der Waals surface area contributed by atoms with E-state index in [4.69, 9.17) is 10.7 Å². The van der Waals surface area contributed by atoms with Crippen LogP contribution in [-0.2, 0) is 26.3 Å². The smallest absolute Gasteiger partial charge is 0.106 e. The van der Waals surface area contributed by atoms with Crippen molar-refractivity contribution in [2.45, 2.75) is 32.6 Å². The van der Waals surface area contributed by atoms with Gasteiger partial charge in [0.2, 0.25) is 0 Å². The van der Waals surface area contributed by atoms with Gasteiger partial charge in [0.15, 0.2) is 0 Å². The van der Waals surface area contributed by atoms with Gasteiger partial charge >= 0.3 is 0 Å². The summed E-state index contributed by atoms with van der Waals surface area (Å²) in [6.07, 6.45) is 4.60. The Morgan fingerprint density at radius 2 is 2.05 bits per heavy atom. The molecule has 0 spiro atoms. The summed E-state index contributed by atoms with van der Waals surface area (Å²) in [5.74, 6) is 1.05. The number of nitrogens with two attached hydrogens (primary N) is 1. The van der Waals surface area contributed by atoms with Crippen LogP contribution in [0.4, 0.5) is 0 Å². The molecule has 1 heterocycles. The summed E-state index contributed by atoms with van der Waals surface area (Å²) < 4.78 is 2.16. The monoisotopic (exact) mass is 255 g/mol. The molecule has 0 aliphatic heterocycles. The van der Waals surface area contributed by atoms with Gasteiger partial charge in [-0.25, -0.2) is 4.98 Å². The predicted molar refractivity (Wildman–Crippen MR) is 78.2 cm³/mol. The van der Waals surface area contributed by atoms with Crippen molar-refractivity contribution in [3.63, 3.8) is 0 Å². The number of hydrogen-bond donors (Lipinski definition) is 1. The third kappa shape index (κ3) is 2.08. The Bertz CT molecular complexity index is 611. The summed E-state index contributed by atoms with van der Waals surface area (Å²) in [5, 5.41) is 0. The van der Waals surface area contributed by atoms with E-state index >= 15 is 0 Å². The van der Waals surface area contributed by atoms with Crippen molar-refractivity contribution in [3.8, 4) is 11.3 Å². The van der Waals surface area contributed by atoms with Gasteiger partial charge in [0, 0.05) is 24.7 Å². The lowest BCUT2D eigenvalue weighted by molar-refractivity contribution is 0.778. The van der Waals surface area contributed by atoms with E-state index in [0.29, 0.717) is 6.54 Å². The first-order chi connectivity index (χ1) is 9.20. The van der Waals surface area contributed by atoms with Crippen molar-refractivity contribution in [3.05, 3.63) is 40.8 Å². The molecular weight excluding hydrogens is 234 g/mol. The van der Waals surface area contributed by atoms with E-state index in [-0.39, 0.29) is 0 Å². The molecule has 19 heavy (non-hydrogen) atoms. The summed E-state index contributed by atoms with van der Waals surface area (Å²) in [4.78, 5) is 4.73. The van der Waals surface area contributed by atoms with Gasteiger partial charge in [-0.2, -0.15) is 0 Å². The number of imidazole rings is 1. The molecule has 3 nitrogen and oxygen atoms in total. The van der Waals surface area contributed by atoms with Crippen LogP contribution in [0.25, 0.3) is 11.3 Å². The molecule has 0 saturated carbocycles. The van der Waals surface area contributed by atoms with E-state index in [1.54, 1.807) is 0 Å². The topological polar surface area (TPSA) is 43.8 Å². The zero-order valence-corrected chi connectivity index (χ0v) is 11.7. The fourth-order valence-electron chi connectivity index (χ4n) is 3.03. The summed E-state index contributed by atoms with van der Waals surface area (Å²) >= 11 is 0. The van der Waals surface area contributed by atoms with Gasteiger partial charge in [0.1, 0.15) is 5.82 Å². The Labute approximate surface area is 114 Å². The highest BCUT2D eigenvalue weighted by Gasteiger charge is 2.16. The maximum atomic E-state index is 5.73. The number of fused-ring (bicyclic) bond motifs is 1. The molecule has 1 aliphatic rings. The molecule has 0 bridgehead atoms. The summed E-state index contributed by atoms with van der Waals surface area (Å²) in [5.41, 5.74) is 12.3. The summed E-state index contributed by atoms with van der Waals surface area (Å²) in [6.45, 7) is 2.72. The van der Waals surface area contributed by atoms with Crippen molar-refractivity contribution in [2.24, 2.45) is 12.8 Å². The molecule has 1 aromatic heterocycles. The number of hydrogen-bond acceptors (Lipinski definition) is 2. The van der Waals surface area contributed by atoms with Crippen molar-refractivity contribution < 1.29 is 0 Å². The molecule has 0 unspecified atom stereocenters. The molecule has 100 valence electrons. The molecule has 3 rings (SSSR count).